The molecule has 7 nitrogen and oxygen atoms in total. The van der Waals surface area contributed by atoms with E-state index in [1.807, 2.05) is 11.0 Å². The number of rotatable bonds is 4. The van der Waals surface area contributed by atoms with Crippen LogP contribution in [0, 0.1) is 6.92 Å². The number of pyridine rings is 1. The van der Waals surface area contributed by atoms with Crippen molar-refractivity contribution in [3.8, 4) is 0 Å². The third-order valence-electron chi connectivity index (χ3n) is 4.65. The summed E-state index contributed by atoms with van der Waals surface area (Å²) in [6.07, 6.45) is -2.19. The van der Waals surface area contributed by atoms with E-state index in [9.17, 15) is 18.0 Å². The number of anilines is 1. The van der Waals surface area contributed by atoms with Gasteiger partial charge in [0.05, 0.1) is 17.1 Å². The van der Waals surface area contributed by atoms with E-state index in [0.29, 0.717) is 42.3 Å². The van der Waals surface area contributed by atoms with E-state index in [1.165, 1.54) is 0 Å². The van der Waals surface area contributed by atoms with Gasteiger partial charge in [-0.1, -0.05) is 0 Å². The topological polar surface area (TPSA) is 86.8 Å². The summed E-state index contributed by atoms with van der Waals surface area (Å²) in [4.78, 5) is 29.9. The smallest absolute Gasteiger partial charge is 0.278 e. The Morgan fingerprint density at radius 3 is 2.96 bits per heavy atom. The molecule has 142 valence electrons. The lowest BCUT2D eigenvalue weighted by Gasteiger charge is -2.20. The Hall–Kier alpha value is -2.91. The van der Waals surface area contributed by atoms with Crippen molar-refractivity contribution in [1.82, 2.24) is 25.3 Å². The van der Waals surface area contributed by atoms with Gasteiger partial charge in [-0.25, -0.2) is 28.1 Å². The van der Waals surface area contributed by atoms with Gasteiger partial charge < -0.3 is 15.2 Å². The van der Waals surface area contributed by atoms with Gasteiger partial charge in [-0.05, 0) is 19.4 Å². The molecule has 0 bridgehead atoms. The second-order valence-electron chi connectivity index (χ2n) is 6.53. The first-order chi connectivity index (χ1) is 12.9. The molecular formula is C17H17F3N6O. The Morgan fingerprint density at radius 2 is 2.19 bits per heavy atom. The zero-order valence-corrected chi connectivity index (χ0v) is 14.4. The number of aromatic nitrogens is 4. The number of halogens is 3. The maximum Gasteiger partial charge on any atom is 0.278 e. The molecule has 1 saturated heterocycles. The summed E-state index contributed by atoms with van der Waals surface area (Å²) in [5.74, 6) is -0.0205. The SMILES string of the molecule is Cc1nc(N2CCC(NC(=O)C(F)C(F)F)C2)c2c(cnc3[nH]ccc32)n1. The van der Waals surface area contributed by atoms with Gasteiger partial charge in [0.15, 0.2) is 0 Å². The van der Waals surface area contributed by atoms with E-state index >= 15 is 0 Å². The monoisotopic (exact) mass is 378 g/mol. The standard InChI is InChI=1S/C17H17F3N6O/c1-8-23-11-6-22-15-10(2-4-21-15)12(11)16(24-8)26-5-3-9(7-26)25-17(27)13(18)14(19)20/h2,4,6,9,13-14H,3,5,7H2,1H3,(H,21,22)(H,25,27). The zero-order valence-electron chi connectivity index (χ0n) is 14.4. The largest absolute Gasteiger partial charge is 0.354 e. The van der Waals surface area contributed by atoms with Crippen LogP contribution in [0.2, 0.25) is 0 Å². The molecule has 1 aliphatic rings. The van der Waals surface area contributed by atoms with Gasteiger partial charge >= 0.3 is 0 Å². The second kappa shape index (κ2) is 6.67. The lowest BCUT2D eigenvalue weighted by molar-refractivity contribution is -0.131. The fourth-order valence-corrected chi connectivity index (χ4v) is 3.42. The Bertz CT molecular complexity index is 1010. The summed E-state index contributed by atoms with van der Waals surface area (Å²) in [6.45, 7) is 2.67. The minimum Gasteiger partial charge on any atom is -0.354 e. The first-order valence-corrected chi connectivity index (χ1v) is 8.52. The van der Waals surface area contributed by atoms with Crippen LogP contribution in [0.3, 0.4) is 0 Å². The third-order valence-corrected chi connectivity index (χ3v) is 4.65. The maximum atomic E-state index is 13.2. The van der Waals surface area contributed by atoms with Crippen LogP contribution in [0.1, 0.15) is 12.2 Å². The molecule has 0 aromatic carbocycles. The summed E-state index contributed by atoms with van der Waals surface area (Å²) in [6, 6.07) is 1.46. The van der Waals surface area contributed by atoms with Crippen LogP contribution in [0.15, 0.2) is 18.5 Å². The lowest BCUT2D eigenvalue weighted by Crippen LogP contribution is -2.43. The molecule has 1 aliphatic heterocycles. The first-order valence-electron chi connectivity index (χ1n) is 8.52. The number of alkyl halides is 3. The molecule has 0 spiro atoms. The number of carbonyl (C=O) groups excluding carboxylic acids is 1. The Balaban J connectivity index is 1.63. The van der Waals surface area contributed by atoms with E-state index < -0.39 is 24.5 Å². The summed E-state index contributed by atoms with van der Waals surface area (Å²) >= 11 is 0. The Labute approximate surface area is 152 Å². The number of aryl methyl sites for hydroxylation is 1. The van der Waals surface area contributed by atoms with Crippen molar-refractivity contribution in [2.45, 2.75) is 32.0 Å². The molecule has 10 heteroatoms. The fraction of sp³-hybridized carbons (Fsp3) is 0.412. The lowest BCUT2D eigenvalue weighted by atomic mass is 10.2. The highest BCUT2D eigenvalue weighted by molar-refractivity contribution is 6.09. The number of aromatic amines is 1. The molecule has 3 aromatic rings. The van der Waals surface area contributed by atoms with E-state index in [4.69, 9.17) is 0 Å². The highest BCUT2D eigenvalue weighted by Crippen LogP contribution is 2.31. The molecule has 27 heavy (non-hydrogen) atoms. The molecule has 2 unspecified atom stereocenters. The van der Waals surface area contributed by atoms with Crippen molar-refractivity contribution >= 4 is 33.7 Å². The molecule has 1 amide bonds. The van der Waals surface area contributed by atoms with Gasteiger partial charge in [-0.15, -0.1) is 0 Å². The molecule has 0 aliphatic carbocycles. The molecule has 4 heterocycles. The number of H-pyrrole nitrogens is 1. The number of amides is 1. The summed E-state index contributed by atoms with van der Waals surface area (Å²) < 4.78 is 37.9. The molecule has 2 atom stereocenters. The first kappa shape index (κ1) is 17.5. The van der Waals surface area contributed by atoms with Crippen molar-refractivity contribution < 1.29 is 18.0 Å². The van der Waals surface area contributed by atoms with E-state index in [0.717, 1.165) is 10.8 Å². The number of fused-ring (bicyclic) bond motifs is 3. The van der Waals surface area contributed by atoms with Crippen molar-refractivity contribution in [2.24, 2.45) is 0 Å². The Kier molecular flexibility index (Phi) is 4.33. The fourth-order valence-electron chi connectivity index (χ4n) is 3.42. The number of hydrogen-bond acceptors (Lipinski definition) is 5. The maximum absolute atomic E-state index is 13.2. The molecule has 0 radical (unpaired) electrons. The van der Waals surface area contributed by atoms with Crippen LogP contribution >= 0.6 is 0 Å². The van der Waals surface area contributed by atoms with Gasteiger partial charge in [-0.3, -0.25) is 4.79 Å². The number of carbonyl (C=O) groups is 1. The van der Waals surface area contributed by atoms with Crippen LogP contribution in [0.5, 0.6) is 0 Å². The van der Waals surface area contributed by atoms with Crippen LogP contribution in [0.4, 0.5) is 19.0 Å². The molecule has 2 N–H and O–H groups in total. The van der Waals surface area contributed by atoms with Crippen LogP contribution in [-0.2, 0) is 4.79 Å². The summed E-state index contributed by atoms with van der Waals surface area (Å²) in [7, 11) is 0. The Morgan fingerprint density at radius 1 is 1.37 bits per heavy atom. The summed E-state index contributed by atoms with van der Waals surface area (Å²) in [5, 5.41) is 4.06. The van der Waals surface area contributed by atoms with Gasteiger partial charge in [0.2, 0.25) is 6.17 Å². The van der Waals surface area contributed by atoms with Gasteiger partial charge in [0, 0.05) is 30.7 Å². The quantitative estimate of drug-likeness (QED) is 0.726. The van der Waals surface area contributed by atoms with Crippen LogP contribution in [-0.4, -0.2) is 57.6 Å². The average molecular weight is 378 g/mol. The minimum atomic E-state index is -3.33. The van der Waals surface area contributed by atoms with Gasteiger partial charge in [-0.2, -0.15) is 0 Å². The van der Waals surface area contributed by atoms with E-state index in [1.54, 1.807) is 19.3 Å². The zero-order chi connectivity index (χ0) is 19.1. The predicted octanol–water partition coefficient (Wildman–Crippen LogP) is 2.11. The van der Waals surface area contributed by atoms with E-state index in [-0.39, 0.29) is 0 Å². The minimum absolute atomic E-state index is 0.349. The van der Waals surface area contributed by atoms with Crippen LogP contribution < -0.4 is 10.2 Å². The summed E-state index contributed by atoms with van der Waals surface area (Å²) in [5.41, 5.74) is 1.40. The van der Waals surface area contributed by atoms with Crippen molar-refractivity contribution in [1.29, 1.82) is 0 Å². The number of nitrogens with zero attached hydrogens (tertiary/aromatic N) is 4. The van der Waals surface area contributed by atoms with E-state index in [2.05, 4.69) is 25.3 Å². The molecular weight excluding hydrogens is 361 g/mol. The molecule has 3 aromatic heterocycles. The normalized spacial score (nSPS) is 18.6. The molecule has 1 fully saturated rings. The van der Waals surface area contributed by atoms with Crippen molar-refractivity contribution in [3.05, 3.63) is 24.3 Å². The highest BCUT2D eigenvalue weighted by atomic mass is 19.3. The average Bonchev–Trinajstić information content (AvgIpc) is 3.28. The van der Waals surface area contributed by atoms with Crippen molar-refractivity contribution in [2.75, 3.05) is 18.0 Å². The van der Waals surface area contributed by atoms with Crippen molar-refractivity contribution in [3.63, 3.8) is 0 Å². The van der Waals surface area contributed by atoms with Crippen LogP contribution in [0.25, 0.3) is 21.9 Å². The third kappa shape index (κ3) is 3.15. The predicted molar refractivity (Wildman–Crippen MR) is 93.6 cm³/mol. The van der Waals surface area contributed by atoms with Gasteiger partial charge in [0.1, 0.15) is 17.3 Å². The highest BCUT2D eigenvalue weighted by Gasteiger charge is 2.32. The number of hydrogen-bond donors (Lipinski definition) is 2. The molecule has 0 saturated carbocycles. The van der Waals surface area contributed by atoms with Gasteiger partial charge in [0.25, 0.3) is 12.3 Å². The number of nitrogens with one attached hydrogen (secondary N) is 2. The second-order valence-corrected chi connectivity index (χ2v) is 6.53. The molecule has 4 rings (SSSR count).